The average molecular weight is 264 g/mol. The maximum absolute atomic E-state index is 11.9. The fraction of sp³-hybridized carbons (Fsp3) is 0.818. The van der Waals surface area contributed by atoms with Gasteiger partial charge in [0.05, 0.1) is 6.54 Å². The lowest BCUT2D eigenvalue weighted by molar-refractivity contribution is -0.174. The Kier molecular flexibility index (Phi) is 2.82. The number of alkyl halides is 3. The summed E-state index contributed by atoms with van der Waals surface area (Å²) in [6.45, 7) is 4.82. The second-order valence-corrected chi connectivity index (χ2v) is 5.51. The van der Waals surface area contributed by atoms with Gasteiger partial charge in [-0.15, -0.1) is 0 Å². The van der Waals surface area contributed by atoms with Crippen LogP contribution in [-0.4, -0.2) is 42.5 Å². The van der Waals surface area contributed by atoms with Gasteiger partial charge in [0.25, 0.3) is 0 Å². The molecule has 7 heteroatoms. The van der Waals surface area contributed by atoms with E-state index in [-0.39, 0.29) is 5.41 Å². The third-order valence-electron chi connectivity index (χ3n) is 4.13. The van der Waals surface area contributed by atoms with Crippen LogP contribution in [-0.2, 0) is 9.59 Å². The van der Waals surface area contributed by atoms with E-state index in [0.717, 1.165) is 0 Å². The normalized spacial score (nSPS) is 28.8. The first-order chi connectivity index (χ1) is 8.14. The van der Waals surface area contributed by atoms with Gasteiger partial charge in [0.1, 0.15) is 0 Å². The summed E-state index contributed by atoms with van der Waals surface area (Å²) in [6.07, 6.45) is -4.94. The highest BCUT2D eigenvalue weighted by molar-refractivity contribution is 5.87. The van der Waals surface area contributed by atoms with Crippen LogP contribution in [0.4, 0.5) is 13.2 Å². The van der Waals surface area contributed by atoms with Crippen LogP contribution in [0, 0.1) is 17.3 Å². The molecule has 2 unspecified atom stereocenters. The van der Waals surface area contributed by atoms with Gasteiger partial charge in [-0.25, -0.2) is 0 Å². The van der Waals surface area contributed by atoms with Gasteiger partial charge in [-0.2, -0.15) is 13.2 Å². The number of nitrogens with zero attached hydrogens (tertiary/aromatic N) is 1. The zero-order valence-electron chi connectivity index (χ0n) is 10.2. The lowest BCUT2D eigenvalue weighted by Crippen LogP contribution is -2.44. The molecule has 2 amide bonds. The first-order valence-corrected chi connectivity index (χ1v) is 5.77. The molecule has 0 aromatic rings. The number of hydrogen-bond donors (Lipinski definition) is 1. The van der Waals surface area contributed by atoms with Crippen molar-refractivity contribution in [2.75, 3.05) is 19.6 Å². The molecule has 1 N–H and O–H groups in total. The monoisotopic (exact) mass is 264 g/mol. The van der Waals surface area contributed by atoms with Crippen molar-refractivity contribution in [2.24, 2.45) is 17.3 Å². The molecule has 0 aromatic heterocycles. The third-order valence-corrected chi connectivity index (χ3v) is 4.13. The van der Waals surface area contributed by atoms with Crippen LogP contribution >= 0.6 is 0 Å². The minimum absolute atomic E-state index is 0.242. The van der Waals surface area contributed by atoms with Crippen LogP contribution in [0.1, 0.15) is 13.8 Å². The minimum Gasteiger partial charge on any atom is -0.341 e. The molecule has 2 atom stereocenters. The Morgan fingerprint density at radius 1 is 1.28 bits per heavy atom. The highest BCUT2D eigenvalue weighted by Gasteiger charge is 2.62. The number of amides is 2. The van der Waals surface area contributed by atoms with Crippen molar-refractivity contribution in [1.82, 2.24) is 10.2 Å². The smallest absolute Gasteiger partial charge is 0.341 e. The molecule has 18 heavy (non-hydrogen) atoms. The van der Waals surface area contributed by atoms with Crippen LogP contribution in [0.25, 0.3) is 0 Å². The van der Waals surface area contributed by atoms with Crippen molar-refractivity contribution in [3.05, 3.63) is 0 Å². The highest BCUT2D eigenvalue weighted by Crippen LogP contribution is 2.61. The van der Waals surface area contributed by atoms with E-state index >= 15 is 0 Å². The first kappa shape index (κ1) is 13.2. The van der Waals surface area contributed by atoms with Crippen molar-refractivity contribution < 1.29 is 22.8 Å². The lowest BCUT2D eigenvalue weighted by Gasteiger charge is -2.22. The molecular weight excluding hydrogens is 249 g/mol. The molecular formula is C11H15F3N2O2. The molecule has 2 fully saturated rings. The Hall–Kier alpha value is -1.27. The standard InChI is InChI=1S/C11H15F3N2O2/c1-10(2)6-4-16(5-7(6)10)8(17)3-15-9(18)11(12,13)14/h6-7H,3-5H2,1-2H3,(H,15,18). The molecule has 1 saturated carbocycles. The Morgan fingerprint density at radius 2 is 1.78 bits per heavy atom. The molecule has 2 aliphatic rings. The highest BCUT2D eigenvalue weighted by atomic mass is 19.4. The topological polar surface area (TPSA) is 49.4 Å². The summed E-state index contributed by atoms with van der Waals surface area (Å²) >= 11 is 0. The minimum atomic E-state index is -4.94. The second kappa shape index (κ2) is 3.86. The van der Waals surface area contributed by atoms with E-state index in [1.807, 2.05) is 0 Å². The number of carbonyl (C=O) groups is 2. The number of likely N-dealkylation sites (tertiary alicyclic amines) is 1. The second-order valence-electron chi connectivity index (χ2n) is 5.51. The number of rotatable bonds is 2. The molecule has 1 saturated heterocycles. The summed E-state index contributed by atoms with van der Waals surface area (Å²) in [5, 5.41) is 1.59. The maximum atomic E-state index is 11.9. The Balaban J connectivity index is 1.77. The van der Waals surface area contributed by atoms with E-state index in [0.29, 0.717) is 24.9 Å². The molecule has 0 spiro atoms. The molecule has 1 aliphatic heterocycles. The van der Waals surface area contributed by atoms with Crippen LogP contribution in [0.15, 0.2) is 0 Å². The number of piperidine rings is 1. The molecule has 4 nitrogen and oxygen atoms in total. The van der Waals surface area contributed by atoms with Crippen molar-refractivity contribution in [1.29, 1.82) is 0 Å². The van der Waals surface area contributed by atoms with E-state index in [1.165, 1.54) is 4.90 Å². The summed E-state index contributed by atoms with van der Waals surface area (Å²) in [4.78, 5) is 23.7. The van der Waals surface area contributed by atoms with Gasteiger partial charge in [0.2, 0.25) is 5.91 Å². The quantitative estimate of drug-likeness (QED) is 0.801. The SMILES string of the molecule is CC1(C)C2CN(C(=O)CNC(=O)C(F)(F)F)CC21. The number of fused-ring (bicyclic) bond motifs is 1. The van der Waals surface area contributed by atoms with Gasteiger partial charge in [0.15, 0.2) is 0 Å². The van der Waals surface area contributed by atoms with E-state index in [1.54, 1.807) is 5.32 Å². The van der Waals surface area contributed by atoms with Crippen LogP contribution < -0.4 is 5.32 Å². The van der Waals surface area contributed by atoms with Crippen LogP contribution in [0.5, 0.6) is 0 Å². The van der Waals surface area contributed by atoms with Gasteiger partial charge in [-0.3, -0.25) is 9.59 Å². The number of halogens is 3. The van der Waals surface area contributed by atoms with Crippen molar-refractivity contribution in [3.8, 4) is 0 Å². The Bertz CT molecular complexity index is 378. The molecule has 0 bridgehead atoms. The zero-order chi connectivity index (χ0) is 13.7. The molecule has 1 aliphatic carbocycles. The summed E-state index contributed by atoms with van der Waals surface area (Å²) in [7, 11) is 0. The van der Waals surface area contributed by atoms with Crippen molar-refractivity contribution in [2.45, 2.75) is 20.0 Å². The van der Waals surface area contributed by atoms with E-state index in [2.05, 4.69) is 13.8 Å². The predicted molar refractivity (Wildman–Crippen MR) is 56.4 cm³/mol. The molecule has 1 heterocycles. The molecule has 102 valence electrons. The predicted octanol–water partition coefficient (Wildman–Crippen LogP) is 0.779. The van der Waals surface area contributed by atoms with Gasteiger partial charge in [0, 0.05) is 13.1 Å². The molecule has 2 rings (SSSR count). The first-order valence-electron chi connectivity index (χ1n) is 5.77. The average Bonchev–Trinajstić information content (AvgIpc) is 2.68. The summed E-state index contributed by atoms with van der Waals surface area (Å²) in [6, 6.07) is 0. The third kappa shape index (κ3) is 2.18. The molecule has 0 aromatic carbocycles. The fourth-order valence-corrected chi connectivity index (χ4v) is 2.70. The van der Waals surface area contributed by atoms with Gasteiger partial charge in [-0.05, 0) is 17.3 Å². The van der Waals surface area contributed by atoms with Crippen molar-refractivity contribution in [3.63, 3.8) is 0 Å². The fourth-order valence-electron chi connectivity index (χ4n) is 2.70. The van der Waals surface area contributed by atoms with E-state index in [9.17, 15) is 22.8 Å². The van der Waals surface area contributed by atoms with Crippen LogP contribution in [0.3, 0.4) is 0 Å². The Labute approximate surface area is 103 Å². The lowest BCUT2D eigenvalue weighted by atomic mass is 10.1. The van der Waals surface area contributed by atoms with Gasteiger partial charge in [-0.1, -0.05) is 13.8 Å². The van der Waals surface area contributed by atoms with Crippen molar-refractivity contribution >= 4 is 11.8 Å². The summed E-state index contributed by atoms with van der Waals surface area (Å²) in [5.41, 5.74) is 0.242. The maximum Gasteiger partial charge on any atom is 0.471 e. The molecule has 0 radical (unpaired) electrons. The summed E-state index contributed by atoms with van der Waals surface area (Å²) < 4.78 is 35.7. The van der Waals surface area contributed by atoms with E-state index < -0.39 is 24.5 Å². The summed E-state index contributed by atoms with van der Waals surface area (Å²) in [5.74, 6) is -1.63. The van der Waals surface area contributed by atoms with Crippen LogP contribution in [0.2, 0.25) is 0 Å². The largest absolute Gasteiger partial charge is 0.471 e. The van der Waals surface area contributed by atoms with Gasteiger partial charge < -0.3 is 10.2 Å². The number of nitrogens with one attached hydrogen (secondary N) is 1. The van der Waals surface area contributed by atoms with E-state index in [4.69, 9.17) is 0 Å². The zero-order valence-corrected chi connectivity index (χ0v) is 10.2. The Morgan fingerprint density at radius 3 is 2.22 bits per heavy atom. The number of carbonyl (C=O) groups excluding carboxylic acids is 2. The number of hydrogen-bond acceptors (Lipinski definition) is 2. The van der Waals surface area contributed by atoms with Gasteiger partial charge >= 0.3 is 12.1 Å².